The monoisotopic (exact) mass is 625 g/mol. The molecule has 4 heteroatoms. The van der Waals surface area contributed by atoms with E-state index in [4.69, 9.17) is 9.72 Å². The Morgan fingerprint density at radius 3 is 1.98 bits per heavy atom. The Kier molecular flexibility index (Phi) is 5.82. The van der Waals surface area contributed by atoms with E-state index in [0.29, 0.717) is 5.56 Å². The standard InChI is InChI=1S/C45H27N3O/c46-28-29-21-23-30(24-22-29)33-13-10-16-38-43(33)34-27-32(48-40-18-7-6-17-39(40)47-44(48)31-11-2-1-3-12-31)25-26-35(34)45(38)36-14-4-8-19-41(36)49-42-20-9-5-15-37(42)45/h1-27H. The lowest BCUT2D eigenvalue weighted by Gasteiger charge is -2.39. The number of fused-ring (bicyclic) bond motifs is 10. The molecule has 0 unspecified atom stereocenters. The van der Waals surface area contributed by atoms with Gasteiger partial charge in [0.15, 0.2) is 0 Å². The highest BCUT2D eigenvalue weighted by atomic mass is 16.5. The molecule has 228 valence electrons. The fourth-order valence-electron chi connectivity index (χ4n) is 8.11. The molecule has 0 fully saturated rings. The smallest absolute Gasteiger partial charge is 0.145 e. The van der Waals surface area contributed by atoms with E-state index in [2.05, 4.69) is 138 Å². The van der Waals surface area contributed by atoms with Crippen molar-refractivity contribution in [2.24, 2.45) is 0 Å². The van der Waals surface area contributed by atoms with Crippen LogP contribution in [0.15, 0.2) is 164 Å². The van der Waals surface area contributed by atoms with Gasteiger partial charge in [-0.15, -0.1) is 0 Å². The first-order valence-electron chi connectivity index (χ1n) is 16.4. The Balaban J connectivity index is 1.33. The zero-order valence-corrected chi connectivity index (χ0v) is 26.3. The zero-order valence-electron chi connectivity index (χ0n) is 26.3. The summed E-state index contributed by atoms with van der Waals surface area (Å²) in [5.41, 5.74) is 13.3. The second-order valence-corrected chi connectivity index (χ2v) is 12.6. The van der Waals surface area contributed by atoms with Gasteiger partial charge in [0.05, 0.1) is 28.1 Å². The molecule has 0 saturated carbocycles. The molecule has 10 rings (SSSR count). The number of hydrogen-bond donors (Lipinski definition) is 0. The summed E-state index contributed by atoms with van der Waals surface area (Å²) in [6.45, 7) is 0. The van der Waals surface area contributed by atoms with Gasteiger partial charge in [-0.05, 0) is 81.9 Å². The molecular formula is C45H27N3O. The molecule has 0 amide bonds. The molecule has 0 radical (unpaired) electrons. The van der Waals surface area contributed by atoms with Crippen LogP contribution in [0.25, 0.3) is 50.4 Å². The maximum Gasteiger partial charge on any atom is 0.145 e. The second kappa shape index (κ2) is 10.4. The van der Waals surface area contributed by atoms with Gasteiger partial charge in [-0.2, -0.15) is 5.26 Å². The van der Waals surface area contributed by atoms with Crippen LogP contribution in [0.2, 0.25) is 0 Å². The molecule has 1 aliphatic carbocycles. The summed E-state index contributed by atoms with van der Waals surface area (Å²) in [5.74, 6) is 2.62. The van der Waals surface area contributed by atoms with Crippen LogP contribution in [-0.4, -0.2) is 9.55 Å². The molecule has 0 saturated heterocycles. The first-order chi connectivity index (χ1) is 24.3. The van der Waals surface area contributed by atoms with Crippen molar-refractivity contribution in [2.45, 2.75) is 5.41 Å². The van der Waals surface area contributed by atoms with Crippen LogP contribution in [0.4, 0.5) is 0 Å². The van der Waals surface area contributed by atoms with Crippen LogP contribution in [0, 0.1) is 11.3 Å². The van der Waals surface area contributed by atoms with E-state index < -0.39 is 5.41 Å². The molecule has 49 heavy (non-hydrogen) atoms. The number of rotatable bonds is 3. The molecule has 1 aromatic heterocycles. The molecule has 2 heterocycles. The topological polar surface area (TPSA) is 50.8 Å². The largest absolute Gasteiger partial charge is 0.457 e. The molecule has 8 aromatic rings. The number of hydrogen-bond acceptors (Lipinski definition) is 3. The minimum Gasteiger partial charge on any atom is -0.457 e. The van der Waals surface area contributed by atoms with Gasteiger partial charge in [0.2, 0.25) is 0 Å². The number of aromatic nitrogens is 2. The maximum atomic E-state index is 9.57. The van der Waals surface area contributed by atoms with Gasteiger partial charge < -0.3 is 4.74 Å². The van der Waals surface area contributed by atoms with Gasteiger partial charge in [-0.25, -0.2) is 4.98 Å². The average Bonchev–Trinajstić information content (AvgIpc) is 3.70. The number of para-hydroxylation sites is 4. The summed E-state index contributed by atoms with van der Waals surface area (Å²) >= 11 is 0. The van der Waals surface area contributed by atoms with Crippen LogP contribution in [0.3, 0.4) is 0 Å². The van der Waals surface area contributed by atoms with Crippen LogP contribution < -0.4 is 4.74 Å². The van der Waals surface area contributed by atoms with Crippen molar-refractivity contribution in [1.29, 1.82) is 5.26 Å². The van der Waals surface area contributed by atoms with Crippen LogP contribution in [0.1, 0.15) is 27.8 Å². The van der Waals surface area contributed by atoms with E-state index in [0.717, 1.165) is 67.4 Å². The number of imidazole rings is 1. The normalized spacial score (nSPS) is 13.2. The summed E-state index contributed by atoms with van der Waals surface area (Å²) in [7, 11) is 0. The molecular weight excluding hydrogens is 599 g/mol. The SMILES string of the molecule is N#Cc1ccc(-c2cccc3c2-c2cc(-n4c(-c5ccccc5)nc5ccccc54)ccc2C32c3ccccc3Oc3ccccc32)cc1. The van der Waals surface area contributed by atoms with Gasteiger partial charge in [0.25, 0.3) is 0 Å². The third-order valence-corrected chi connectivity index (χ3v) is 10.1. The van der Waals surface area contributed by atoms with E-state index >= 15 is 0 Å². The predicted molar refractivity (Wildman–Crippen MR) is 194 cm³/mol. The summed E-state index contributed by atoms with van der Waals surface area (Å²) in [4.78, 5) is 5.14. The van der Waals surface area contributed by atoms with Crippen molar-refractivity contribution in [3.8, 4) is 56.9 Å². The Morgan fingerprint density at radius 1 is 0.551 bits per heavy atom. The van der Waals surface area contributed by atoms with Crippen molar-refractivity contribution in [3.63, 3.8) is 0 Å². The average molecular weight is 626 g/mol. The first kappa shape index (κ1) is 27.4. The van der Waals surface area contributed by atoms with E-state index in [1.54, 1.807) is 0 Å². The maximum absolute atomic E-state index is 9.57. The van der Waals surface area contributed by atoms with Gasteiger partial charge >= 0.3 is 0 Å². The highest BCUT2D eigenvalue weighted by molar-refractivity contribution is 5.97. The number of nitriles is 1. The van der Waals surface area contributed by atoms with Gasteiger partial charge in [0.1, 0.15) is 17.3 Å². The third kappa shape index (κ3) is 3.82. The Hall–Kier alpha value is -6.70. The highest BCUT2D eigenvalue weighted by Crippen LogP contribution is 2.63. The van der Waals surface area contributed by atoms with Crippen molar-refractivity contribution >= 4 is 11.0 Å². The Morgan fingerprint density at radius 2 is 1.22 bits per heavy atom. The Labute approximate surface area is 283 Å². The fraction of sp³-hybridized carbons (Fsp3) is 0.0222. The highest BCUT2D eigenvalue weighted by Gasteiger charge is 2.51. The van der Waals surface area contributed by atoms with Crippen molar-refractivity contribution in [2.75, 3.05) is 0 Å². The minimum absolute atomic E-state index is 0.601. The molecule has 4 nitrogen and oxygen atoms in total. The van der Waals surface area contributed by atoms with Gasteiger partial charge in [-0.3, -0.25) is 4.57 Å². The quantitative estimate of drug-likeness (QED) is 0.196. The minimum atomic E-state index is -0.601. The summed E-state index contributed by atoms with van der Waals surface area (Å²) in [6.07, 6.45) is 0. The van der Waals surface area contributed by atoms with Crippen molar-refractivity contribution in [1.82, 2.24) is 9.55 Å². The molecule has 2 aliphatic rings. The number of nitrogens with zero attached hydrogens (tertiary/aromatic N) is 3. The molecule has 7 aromatic carbocycles. The summed E-state index contributed by atoms with van der Waals surface area (Å²) in [5, 5.41) is 9.57. The zero-order chi connectivity index (χ0) is 32.5. The van der Waals surface area contributed by atoms with Gasteiger partial charge in [-0.1, -0.05) is 115 Å². The lowest BCUT2D eigenvalue weighted by molar-refractivity contribution is 0.436. The van der Waals surface area contributed by atoms with E-state index in [9.17, 15) is 5.26 Å². The summed E-state index contributed by atoms with van der Waals surface area (Å²) < 4.78 is 8.87. The van der Waals surface area contributed by atoms with Crippen LogP contribution in [-0.2, 0) is 5.41 Å². The summed E-state index contributed by atoms with van der Waals surface area (Å²) in [6, 6.07) is 59.4. The lowest BCUT2D eigenvalue weighted by atomic mass is 9.66. The van der Waals surface area contributed by atoms with Crippen LogP contribution in [0.5, 0.6) is 11.5 Å². The van der Waals surface area contributed by atoms with Crippen molar-refractivity contribution < 1.29 is 4.74 Å². The van der Waals surface area contributed by atoms with E-state index in [1.165, 1.54) is 16.7 Å². The van der Waals surface area contributed by atoms with Crippen LogP contribution >= 0.6 is 0 Å². The third-order valence-electron chi connectivity index (χ3n) is 10.1. The second-order valence-electron chi connectivity index (χ2n) is 12.6. The molecule has 1 spiro atoms. The van der Waals surface area contributed by atoms with E-state index in [1.807, 2.05) is 36.4 Å². The number of ether oxygens (including phenoxy) is 1. The van der Waals surface area contributed by atoms with Crippen molar-refractivity contribution in [3.05, 3.63) is 192 Å². The Bertz CT molecular complexity index is 2600. The first-order valence-corrected chi connectivity index (χ1v) is 16.4. The van der Waals surface area contributed by atoms with E-state index in [-0.39, 0.29) is 0 Å². The van der Waals surface area contributed by atoms with Gasteiger partial charge in [0, 0.05) is 22.4 Å². The molecule has 0 N–H and O–H groups in total. The molecule has 1 aliphatic heterocycles. The molecule has 0 atom stereocenters. The fourth-order valence-corrected chi connectivity index (χ4v) is 8.11. The lowest BCUT2D eigenvalue weighted by Crippen LogP contribution is -2.32. The number of benzene rings is 7. The predicted octanol–water partition coefficient (Wildman–Crippen LogP) is 10.7. The molecule has 0 bridgehead atoms.